The highest BCUT2D eigenvalue weighted by atomic mass is 35.5. The van der Waals surface area contributed by atoms with Crippen molar-refractivity contribution in [1.82, 2.24) is 0 Å². The summed E-state index contributed by atoms with van der Waals surface area (Å²) in [6.45, 7) is 2.92. The molecule has 0 spiro atoms. The van der Waals surface area contributed by atoms with E-state index in [0.717, 1.165) is 12.2 Å². The van der Waals surface area contributed by atoms with E-state index in [2.05, 4.69) is 6.07 Å². The van der Waals surface area contributed by atoms with Crippen LogP contribution in [0.15, 0.2) is 24.3 Å². The Kier molecular flexibility index (Phi) is 5.17. The average Bonchev–Trinajstić information content (AvgIpc) is 3.06. The zero-order chi connectivity index (χ0) is 11.1. The molecule has 2 nitrogen and oxygen atoms in total. The molecular weight excluding hydrogens is 210 g/mol. The van der Waals surface area contributed by atoms with Crippen molar-refractivity contribution < 1.29 is 4.74 Å². The van der Waals surface area contributed by atoms with Crippen LogP contribution in [0.5, 0.6) is 0 Å². The van der Waals surface area contributed by atoms with E-state index in [9.17, 15) is 0 Å². The molecule has 15 heavy (non-hydrogen) atoms. The minimum absolute atomic E-state index is 0.400. The molecule has 0 N–H and O–H groups in total. The molecule has 1 aromatic rings. The van der Waals surface area contributed by atoms with E-state index in [-0.39, 0.29) is 0 Å². The van der Waals surface area contributed by atoms with Gasteiger partial charge in [0.05, 0.1) is 31.1 Å². The van der Waals surface area contributed by atoms with Crippen LogP contribution in [0.1, 0.15) is 11.1 Å². The normalized spacial score (nSPS) is 17.3. The molecule has 1 atom stereocenters. The first-order chi connectivity index (χ1) is 7.26. The van der Waals surface area contributed by atoms with Gasteiger partial charge in [-0.25, -0.2) is 0 Å². The third-order valence-corrected chi connectivity index (χ3v) is 2.32. The van der Waals surface area contributed by atoms with Gasteiger partial charge in [-0.1, -0.05) is 29.8 Å². The van der Waals surface area contributed by atoms with Gasteiger partial charge < -0.3 is 4.74 Å². The van der Waals surface area contributed by atoms with Crippen LogP contribution in [-0.2, 0) is 11.2 Å². The van der Waals surface area contributed by atoms with Crippen LogP contribution < -0.4 is 0 Å². The maximum atomic E-state index is 8.34. The van der Waals surface area contributed by atoms with Crippen molar-refractivity contribution in [3.05, 3.63) is 35.4 Å². The third-order valence-electron chi connectivity index (χ3n) is 1.98. The molecule has 2 rings (SSSR count). The van der Waals surface area contributed by atoms with E-state index in [1.807, 2.05) is 31.2 Å². The fraction of sp³-hybridized carbons (Fsp3) is 0.417. The number of halogens is 1. The molecule has 0 amide bonds. The molecule has 1 heterocycles. The Morgan fingerprint density at radius 3 is 2.40 bits per heavy atom. The number of ether oxygens (including phenoxy) is 1. The van der Waals surface area contributed by atoms with Crippen LogP contribution in [0.25, 0.3) is 0 Å². The summed E-state index contributed by atoms with van der Waals surface area (Å²) in [7, 11) is 0. The number of nitriles is 1. The van der Waals surface area contributed by atoms with E-state index in [0.29, 0.717) is 18.4 Å². The van der Waals surface area contributed by atoms with E-state index in [1.54, 1.807) is 0 Å². The Balaban J connectivity index is 0.000000187. The largest absolute Gasteiger partial charge is 0.372 e. The first kappa shape index (κ1) is 12.0. The number of hydrogen-bond donors (Lipinski definition) is 0. The first-order valence-corrected chi connectivity index (χ1v) is 5.39. The Bertz CT molecular complexity index is 324. The summed E-state index contributed by atoms with van der Waals surface area (Å²) in [6, 6.07) is 10.1. The van der Waals surface area contributed by atoms with Crippen LogP contribution in [0.2, 0.25) is 0 Å². The van der Waals surface area contributed by atoms with Gasteiger partial charge in [-0.3, -0.25) is 0 Å². The molecule has 0 unspecified atom stereocenters. The quantitative estimate of drug-likeness (QED) is 0.571. The summed E-state index contributed by atoms with van der Waals surface area (Å²) < 4.78 is 4.73. The van der Waals surface area contributed by atoms with Gasteiger partial charge in [0, 0.05) is 0 Å². The number of epoxide rings is 1. The van der Waals surface area contributed by atoms with Gasteiger partial charge in [0.25, 0.3) is 0 Å². The second kappa shape index (κ2) is 6.44. The highest BCUT2D eigenvalue weighted by Crippen LogP contribution is 2.08. The zero-order valence-corrected chi connectivity index (χ0v) is 9.50. The van der Waals surface area contributed by atoms with Crippen LogP contribution in [-0.4, -0.2) is 18.6 Å². The smallest absolute Gasteiger partial charge is 0.0944 e. The lowest BCUT2D eigenvalue weighted by Crippen LogP contribution is -1.80. The fourth-order valence-corrected chi connectivity index (χ4v) is 1.13. The summed E-state index contributed by atoms with van der Waals surface area (Å²) in [5.41, 5.74) is 2.33. The number of nitrogens with zero attached hydrogens (tertiary/aromatic N) is 1. The van der Waals surface area contributed by atoms with E-state index >= 15 is 0 Å². The minimum Gasteiger partial charge on any atom is -0.372 e. The Morgan fingerprint density at radius 2 is 2.07 bits per heavy atom. The van der Waals surface area contributed by atoms with Gasteiger partial charge in [0.2, 0.25) is 0 Å². The van der Waals surface area contributed by atoms with E-state index in [4.69, 9.17) is 21.6 Å². The minimum atomic E-state index is 0.400. The molecule has 80 valence electrons. The number of alkyl halides is 1. The Hall–Kier alpha value is -1.04. The van der Waals surface area contributed by atoms with Crippen molar-refractivity contribution in [1.29, 1.82) is 5.26 Å². The van der Waals surface area contributed by atoms with Crippen molar-refractivity contribution in [2.45, 2.75) is 19.4 Å². The van der Waals surface area contributed by atoms with Gasteiger partial charge in [0.1, 0.15) is 0 Å². The zero-order valence-electron chi connectivity index (χ0n) is 8.74. The summed E-state index contributed by atoms with van der Waals surface area (Å²) in [5.74, 6) is 0.667. The van der Waals surface area contributed by atoms with Crippen LogP contribution in [0.4, 0.5) is 0 Å². The number of hydrogen-bond acceptors (Lipinski definition) is 2. The highest BCUT2D eigenvalue weighted by Gasteiger charge is 2.19. The maximum Gasteiger partial charge on any atom is 0.0944 e. The van der Waals surface area contributed by atoms with Gasteiger partial charge in [-0.05, 0) is 12.5 Å². The van der Waals surface area contributed by atoms with Gasteiger partial charge in [-0.2, -0.15) is 5.26 Å². The lowest BCUT2D eigenvalue weighted by Gasteiger charge is -1.93. The van der Waals surface area contributed by atoms with Crippen LogP contribution >= 0.6 is 11.6 Å². The molecule has 1 saturated heterocycles. The molecule has 1 aromatic carbocycles. The van der Waals surface area contributed by atoms with Gasteiger partial charge >= 0.3 is 0 Å². The maximum absolute atomic E-state index is 8.34. The summed E-state index contributed by atoms with van der Waals surface area (Å²) in [6.07, 6.45) is 0.914. The Labute approximate surface area is 95.4 Å². The SMILES string of the molecule is Cc1ccc(CC#N)cc1.ClC[C@@H]1CO1. The van der Waals surface area contributed by atoms with E-state index < -0.39 is 0 Å². The summed E-state index contributed by atoms with van der Waals surface area (Å²) in [4.78, 5) is 0. The topological polar surface area (TPSA) is 36.3 Å². The highest BCUT2D eigenvalue weighted by molar-refractivity contribution is 6.18. The monoisotopic (exact) mass is 223 g/mol. The van der Waals surface area contributed by atoms with Gasteiger partial charge in [0.15, 0.2) is 0 Å². The standard InChI is InChI=1S/C9H9N.C3H5ClO/c1-8-2-4-9(5-3-8)6-7-10;4-1-3-2-5-3/h2-5H,6H2,1H3;3H,1-2H2/t;3-/m.1/s1. The molecule has 0 radical (unpaired) electrons. The average molecular weight is 224 g/mol. The lowest BCUT2D eigenvalue weighted by molar-refractivity contribution is 0.425. The molecule has 3 heteroatoms. The summed E-state index contributed by atoms with van der Waals surface area (Å²) in [5, 5.41) is 8.34. The number of benzene rings is 1. The predicted octanol–water partition coefficient (Wildman–Crippen LogP) is 2.69. The first-order valence-electron chi connectivity index (χ1n) is 4.86. The second-order valence-electron chi connectivity index (χ2n) is 3.43. The molecule has 0 bridgehead atoms. The van der Waals surface area contributed by atoms with Crippen molar-refractivity contribution in [2.24, 2.45) is 0 Å². The molecule has 0 saturated carbocycles. The van der Waals surface area contributed by atoms with Crippen molar-refractivity contribution in [3.8, 4) is 6.07 Å². The third kappa shape index (κ3) is 5.41. The molecule has 1 aliphatic rings. The predicted molar refractivity (Wildman–Crippen MR) is 61.0 cm³/mol. The van der Waals surface area contributed by atoms with Crippen molar-refractivity contribution >= 4 is 11.6 Å². The Morgan fingerprint density at radius 1 is 1.47 bits per heavy atom. The lowest BCUT2D eigenvalue weighted by atomic mass is 10.1. The molecule has 0 aliphatic carbocycles. The van der Waals surface area contributed by atoms with Crippen molar-refractivity contribution in [3.63, 3.8) is 0 Å². The number of rotatable bonds is 2. The van der Waals surface area contributed by atoms with Crippen LogP contribution in [0, 0.1) is 18.3 Å². The number of aryl methyl sites for hydroxylation is 1. The second-order valence-corrected chi connectivity index (χ2v) is 3.74. The van der Waals surface area contributed by atoms with Gasteiger partial charge in [-0.15, -0.1) is 11.6 Å². The fourth-order valence-electron chi connectivity index (χ4n) is 0.954. The van der Waals surface area contributed by atoms with E-state index in [1.165, 1.54) is 5.56 Å². The molecule has 1 aliphatic heterocycles. The molecule has 0 aromatic heterocycles. The summed E-state index contributed by atoms with van der Waals surface area (Å²) >= 11 is 5.27. The molecular formula is C12H14ClNO. The van der Waals surface area contributed by atoms with Crippen LogP contribution in [0.3, 0.4) is 0 Å². The van der Waals surface area contributed by atoms with Crippen molar-refractivity contribution in [2.75, 3.05) is 12.5 Å². The molecule has 1 fully saturated rings.